The Balaban J connectivity index is 2.35. The first-order valence-electron chi connectivity index (χ1n) is 4.66. The highest BCUT2D eigenvalue weighted by Crippen LogP contribution is 2.16. The van der Waals surface area contributed by atoms with Crippen LogP contribution in [0.2, 0.25) is 0 Å². The second kappa shape index (κ2) is 6.49. The molecule has 3 heteroatoms. The summed E-state index contributed by atoms with van der Waals surface area (Å²) >= 11 is 7.69. The molecule has 0 spiro atoms. The van der Waals surface area contributed by atoms with Crippen molar-refractivity contribution in [2.24, 2.45) is 5.92 Å². The highest BCUT2D eigenvalue weighted by Gasteiger charge is 2.01. The van der Waals surface area contributed by atoms with Gasteiger partial charge in [0.2, 0.25) is 0 Å². The van der Waals surface area contributed by atoms with E-state index < -0.39 is 0 Å². The van der Waals surface area contributed by atoms with Gasteiger partial charge < -0.3 is 4.74 Å². The Bertz CT molecular complexity index is 278. The minimum Gasteiger partial charge on any atom is -0.376 e. The van der Waals surface area contributed by atoms with Gasteiger partial charge in [-0.25, -0.2) is 0 Å². The molecule has 0 heterocycles. The van der Waals surface area contributed by atoms with Crippen molar-refractivity contribution in [3.8, 4) is 0 Å². The Morgan fingerprint density at radius 1 is 1.43 bits per heavy atom. The monoisotopic (exact) mass is 274 g/mol. The van der Waals surface area contributed by atoms with Crippen molar-refractivity contribution in [1.29, 1.82) is 0 Å². The lowest BCUT2D eigenvalue weighted by atomic mass is 10.2. The lowest BCUT2D eigenvalue weighted by molar-refractivity contribution is 0.0980. The Labute approximate surface area is 99.4 Å². The van der Waals surface area contributed by atoms with Gasteiger partial charge in [0.05, 0.1) is 13.2 Å². The molecule has 1 nitrogen and oxygen atoms in total. The van der Waals surface area contributed by atoms with Gasteiger partial charge in [0.25, 0.3) is 0 Å². The molecule has 1 rings (SSSR count). The first-order valence-corrected chi connectivity index (χ1v) is 6.08. The summed E-state index contributed by atoms with van der Waals surface area (Å²) in [7, 11) is 0. The second-order valence-electron chi connectivity index (χ2n) is 3.39. The average molecular weight is 275 g/mol. The Morgan fingerprint density at radius 3 is 2.79 bits per heavy atom. The van der Waals surface area contributed by atoms with E-state index in [1.807, 2.05) is 18.2 Å². The highest BCUT2D eigenvalue weighted by atomic mass is 79.9. The van der Waals surface area contributed by atoms with Crippen LogP contribution in [0.25, 0.3) is 0 Å². The van der Waals surface area contributed by atoms with Gasteiger partial charge in [-0.2, -0.15) is 12.6 Å². The van der Waals surface area contributed by atoms with Crippen molar-refractivity contribution in [2.75, 3.05) is 12.4 Å². The van der Waals surface area contributed by atoms with Gasteiger partial charge in [-0.3, -0.25) is 0 Å². The van der Waals surface area contributed by atoms with Crippen molar-refractivity contribution >= 4 is 28.6 Å². The normalized spacial score (nSPS) is 12.8. The maximum atomic E-state index is 5.57. The van der Waals surface area contributed by atoms with Gasteiger partial charge in [-0.15, -0.1) is 0 Å². The van der Waals surface area contributed by atoms with E-state index in [1.165, 1.54) is 5.56 Å². The lowest BCUT2D eigenvalue weighted by Crippen LogP contribution is -2.07. The molecule has 78 valence electrons. The molecule has 0 aliphatic carbocycles. The van der Waals surface area contributed by atoms with E-state index in [2.05, 4.69) is 41.5 Å². The van der Waals surface area contributed by atoms with Crippen molar-refractivity contribution in [1.82, 2.24) is 0 Å². The van der Waals surface area contributed by atoms with Crippen molar-refractivity contribution in [2.45, 2.75) is 13.5 Å². The topological polar surface area (TPSA) is 9.23 Å². The molecule has 1 atom stereocenters. The zero-order chi connectivity index (χ0) is 10.4. The molecule has 1 aromatic rings. The maximum absolute atomic E-state index is 5.57. The first-order chi connectivity index (χ1) is 6.74. The first kappa shape index (κ1) is 12.1. The molecule has 1 unspecified atom stereocenters. The van der Waals surface area contributed by atoms with Crippen LogP contribution in [-0.2, 0) is 11.3 Å². The maximum Gasteiger partial charge on any atom is 0.0727 e. The number of ether oxygens (including phenoxy) is 1. The number of benzene rings is 1. The van der Waals surface area contributed by atoms with Crippen molar-refractivity contribution in [3.05, 3.63) is 34.3 Å². The molecule has 0 radical (unpaired) electrons. The summed E-state index contributed by atoms with van der Waals surface area (Å²) in [4.78, 5) is 0. The van der Waals surface area contributed by atoms with Crippen LogP contribution in [0.1, 0.15) is 12.5 Å². The Hall–Kier alpha value is 0.01000. The molecule has 0 bridgehead atoms. The standard InChI is InChI=1S/C11H15BrOS/c1-9(8-14)6-13-7-10-4-2-3-5-11(10)12/h2-5,9,14H,6-8H2,1H3. The summed E-state index contributed by atoms with van der Waals surface area (Å²) in [6.07, 6.45) is 0. The summed E-state index contributed by atoms with van der Waals surface area (Å²) < 4.78 is 6.68. The van der Waals surface area contributed by atoms with Gasteiger partial charge in [0, 0.05) is 4.47 Å². The van der Waals surface area contributed by atoms with Crippen LogP contribution in [0.3, 0.4) is 0 Å². The molecule has 0 amide bonds. The molecule has 0 N–H and O–H groups in total. The summed E-state index contributed by atoms with van der Waals surface area (Å²) in [6.45, 7) is 3.57. The van der Waals surface area contributed by atoms with Crippen LogP contribution in [0.5, 0.6) is 0 Å². The van der Waals surface area contributed by atoms with Crippen LogP contribution in [0, 0.1) is 5.92 Å². The molecule has 0 saturated heterocycles. The predicted molar refractivity (Wildman–Crippen MR) is 66.8 cm³/mol. The van der Waals surface area contributed by atoms with E-state index in [0.717, 1.165) is 16.8 Å². The number of halogens is 1. The molecule has 0 aliphatic heterocycles. The highest BCUT2D eigenvalue weighted by molar-refractivity contribution is 9.10. The van der Waals surface area contributed by atoms with Gasteiger partial charge in [0.15, 0.2) is 0 Å². The van der Waals surface area contributed by atoms with E-state index in [9.17, 15) is 0 Å². The minimum absolute atomic E-state index is 0.515. The van der Waals surface area contributed by atoms with E-state index in [4.69, 9.17) is 4.74 Å². The fraction of sp³-hybridized carbons (Fsp3) is 0.455. The molecule has 0 aromatic heterocycles. The van der Waals surface area contributed by atoms with Gasteiger partial charge >= 0.3 is 0 Å². The van der Waals surface area contributed by atoms with Crippen LogP contribution < -0.4 is 0 Å². The van der Waals surface area contributed by atoms with Gasteiger partial charge in [0.1, 0.15) is 0 Å². The van der Waals surface area contributed by atoms with E-state index in [-0.39, 0.29) is 0 Å². The number of hydrogen-bond acceptors (Lipinski definition) is 2. The zero-order valence-corrected chi connectivity index (χ0v) is 10.7. The molecule has 1 aromatic carbocycles. The summed E-state index contributed by atoms with van der Waals surface area (Å²) in [5, 5.41) is 0. The third kappa shape index (κ3) is 4.03. The van der Waals surface area contributed by atoms with E-state index >= 15 is 0 Å². The van der Waals surface area contributed by atoms with Crippen molar-refractivity contribution in [3.63, 3.8) is 0 Å². The molecular formula is C11H15BrOS. The van der Waals surface area contributed by atoms with E-state index in [1.54, 1.807) is 0 Å². The average Bonchev–Trinajstić information content (AvgIpc) is 2.20. The van der Waals surface area contributed by atoms with Crippen LogP contribution in [0.4, 0.5) is 0 Å². The lowest BCUT2D eigenvalue weighted by Gasteiger charge is -2.09. The van der Waals surface area contributed by atoms with Crippen LogP contribution >= 0.6 is 28.6 Å². The second-order valence-corrected chi connectivity index (χ2v) is 4.61. The quantitative estimate of drug-likeness (QED) is 0.809. The third-order valence-electron chi connectivity index (χ3n) is 1.93. The van der Waals surface area contributed by atoms with E-state index in [0.29, 0.717) is 12.5 Å². The van der Waals surface area contributed by atoms with Crippen LogP contribution in [0.15, 0.2) is 28.7 Å². The van der Waals surface area contributed by atoms with Crippen molar-refractivity contribution < 1.29 is 4.74 Å². The fourth-order valence-electron chi connectivity index (χ4n) is 1.04. The number of rotatable bonds is 5. The Kier molecular flexibility index (Phi) is 5.60. The van der Waals surface area contributed by atoms with Crippen LogP contribution in [-0.4, -0.2) is 12.4 Å². The number of thiol groups is 1. The summed E-state index contributed by atoms with van der Waals surface area (Å²) in [6, 6.07) is 8.12. The third-order valence-corrected chi connectivity index (χ3v) is 3.33. The zero-order valence-electron chi connectivity index (χ0n) is 8.24. The fourth-order valence-corrected chi connectivity index (χ4v) is 1.54. The molecule has 14 heavy (non-hydrogen) atoms. The summed E-state index contributed by atoms with van der Waals surface area (Å²) in [5.74, 6) is 1.39. The molecule has 0 saturated carbocycles. The largest absolute Gasteiger partial charge is 0.376 e. The number of hydrogen-bond donors (Lipinski definition) is 1. The van der Waals surface area contributed by atoms with Gasteiger partial charge in [-0.1, -0.05) is 41.1 Å². The van der Waals surface area contributed by atoms with Gasteiger partial charge in [-0.05, 0) is 23.3 Å². The summed E-state index contributed by atoms with van der Waals surface area (Å²) in [5.41, 5.74) is 1.19. The smallest absolute Gasteiger partial charge is 0.0727 e. The Morgan fingerprint density at radius 2 is 2.14 bits per heavy atom. The SMILES string of the molecule is CC(CS)COCc1ccccc1Br. The predicted octanol–water partition coefficient (Wildman–Crippen LogP) is 3.53. The minimum atomic E-state index is 0.515. The molecule has 0 fully saturated rings. The molecular weight excluding hydrogens is 260 g/mol. The molecule has 0 aliphatic rings.